The molecule has 1 amide bonds. The van der Waals surface area contributed by atoms with Crippen LogP contribution in [0.5, 0.6) is 0 Å². The Balaban J connectivity index is 1.61. The molecule has 5 nitrogen and oxygen atoms in total. The van der Waals surface area contributed by atoms with Crippen LogP contribution in [-0.2, 0) is 14.3 Å². The lowest BCUT2D eigenvalue weighted by Crippen LogP contribution is -2.27. The lowest BCUT2D eigenvalue weighted by Gasteiger charge is -2.18. The summed E-state index contributed by atoms with van der Waals surface area (Å²) in [6, 6.07) is 0.300. The van der Waals surface area contributed by atoms with E-state index in [4.69, 9.17) is 9.47 Å². The second-order valence-corrected chi connectivity index (χ2v) is 6.95. The van der Waals surface area contributed by atoms with E-state index in [1.807, 2.05) is 0 Å². The predicted molar refractivity (Wildman–Crippen MR) is 90.3 cm³/mol. The fourth-order valence-electron chi connectivity index (χ4n) is 3.16. The normalized spacial score (nSPS) is 31.9. The Bertz CT molecular complexity index is 600. The van der Waals surface area contributed by atoms with Gasteiger partial charge in [-0.2, -0.15) is 0 Å². The Morgan fingerprint density at radius 1 is 1.38 bits per heavy atom. The van der Waals surface area contributed by atoms with Gasteiger partial charge in [0.15, 0.2) is 0 Å². The molecule has 2 aliphatic carbocycles. The van der Waals surface area contributed by atoms with Crippen molar-refractivity contribution in [2.75, 3.05) is 6.61 Å². The highest BCUT2D eigenvalue weighted by molar-refractivity contribution is 5.91. The van der Waals surface area contributed by atoms with Crippen LogP contribution in [0.3, 0.4) is 0 Å². The van der Waals surface area contributed by atoms with Gasteiger partial charge < -0.3 is 14.8 Å². The molecule has 130 valence electrons. The number of amides is 1. The van der Waals surface area contributed by atoms with Gasteiger partial charge in [-0.1, -0.05) is 18.2 Å². The Hall–Kier alpha value is -2.04. The first kappa shape index (κ1) is 16.8. The van der Waals surface area contributed by atoms with Crippen LogP contribution in [0.2, 0.25) is 0 Å². The minimum atomic E-state index is -0.340. The van der Waals surface area contributed by atoms with Crippen molar-refractivity contribution in [2.45, 2.75) is 57.6 Å². The van der Waals surface area contributed by atoms with Gasteiger partial charge >= 0.3 is 12.1 Å². The van der Waals surface area contributed by atoms with Crippen molar-refractivity contribution >= 4 is 12.1 Å². The number of alkyl carbamates (subject to hydrolysis) is 1. The first-order chi connectivity index (χ1) is 11.5. The molecule has 2 atom stereocenters. The molecule has 24 heavy (non-hydrogen) atoms. The molecule has 0 spiro atoms. The zero-order valence-corrected chi connectivity index (χ0v) is 14.2. The van der Waals surface area contributed by atoms with E-state index in [-0.39, 0.29) is 24.1 Å². The number of rotatable bonds is 3. The lowest BCUT2D eigenvalue weighted by molar-refractivity contribution is -0.137. The van der Waals surface area contributed by atoms with Gasteiger partial charge in [0.05, 0.1) is 0 Å². The van der Waals surface area contributed by atoms with Crippen LogP contribution >= 0.6 is 0 Å². The summed E-state index contributed by atoms with van der Waals surface area (Å²) in [6.07, 6.45) is 9.12. The summed E-state index contributed by atoms with van der Waals surface area (Å²) < 4.78 is 10.8. The van der Waals surface area contributed by atoms with Crippen LogP contribution in [0.4, 0.5) is 4.79 Å². The van der Waals surface area contributed by atoms with Crippen LogP contribution in [0.1, 0.15) is 45.4 Å². The average molecular weight is 331 g/mol. The molecule has 3 rings (SSSR count). The summed E-state index contributed by atoms with van der Waals surface area (Å²) in [5, 5.41) is 2.82. The Kier molecular flexibility index (Phi) is 5.07. The highest BCUT2D eigenvalue weighted by atomic mass is 16.6. The van der Waals surface area contributed by atoms with Crippen LogP contribution < -0.4 is 5.32 Å². The third-order valence-electron chi connectivity index (χ3n) is 4.83. The van der Waals surface area contributed by atoms with Crippen molar-refractivity contribution in [1.29, 1.82) is 0 Å². The fourth-order valence-corrected chi connectivity index (χ4v) is 3.16. The van der Waals surface area contributed by atoms with E-state index in [9.17, 15) is 9.59 Å². The van der Waals surface area contributed by atoms with E-state index in [1.54, 1.807) is 0 Å². The standard InChI is InChI=1S/C19H25NO4/c1-12-4-3-5-14(11-23-19(22)20-15-7-8-15)6-9-16-13(2)18(21)24-17(16)10-12/h5,10,15-17H,2-4,6-9,11H2,1H3,(H,20,22)/b12-10-,14-5+/t16-,17-/m1/s1. The molecule has 0 radical (unpaired) electrons. The molecule has 0 aromatic rings. The maximum absolute atomic E-state index is 11.8. The van der Waals surface area contributed by atoms with E-state index in [0.717, 1.165) is 44.1 Å². The first-order valence-electron chi connectivity index (χ1n) is 8.71. The molecular weight excluding hydrogens is 306 g/mol. The van der Waals surface area contributed by atoms with Gasteiger partial charge in [-0.25, -0.2) is 9.59 Å². The van der Waals surface area contributed by atoms with Crippen molar-refractivity contribution in [2.24, 2.45) is 5.92 Å². The van der Waals surface area contributed by atoms with E-state index in [2.05, 4.69) is 31.0 Å². The molecule has 0 aromatic carbocycles. The van der Waals surface area contributed by atoms with Gasteiger partial charge in [0.1, 0.15) is 12.7 Å². The van der Waals surface area contributed by atoms with Gasteiger partial charge in [0, 0.05) is 17.5 Å². The number of carbonyl (C=O) groups is 2. The zero-order valence-electron chi connectivity index (χ0n) is 14.2. The lowest BCUT2D eigenvalue weighted by atomic mass is 9.88. The molecule has 1 aliphatic heterocycles. The van der Waals surface area contributed by atoms with Gasteiger partial charge in [-0.3, -0.25) is 0 Å². The molecule has 1 heterocycles. The van der Waals surface area contributed by atoms with Gasteiger partial charge in [-0.15, -0.1) is 0 Å². The van der Waals surface area contributed by atoms with Crippen molar-refractivity contribution in [3.63, 3.8) is 0 Å². The van der Waals surface area contributed by atoms with Crippen molar-refractivity contribution in [3.8, 4) is 0 Å². The topological polar surface area (TPSA) is 64.6 Å². The Morgan fingerprint density at radius 2 is 2.17 bits per heavy atom. The summed E-state index contributed by atoms with van der Waals surface area (Å²) in [5.74, 6) is -0.284. The SMILES string of the molecule is C=C1C(=O)O[C@@H]2/C=C(/C)CC/C=C(/COC(=O)NC3CC3)CC[C@H]12. The quantitative estimate of drug-likeness (QED) is 0.489. The second kappa shape index (κ2) is 7.24. The van der Waals surface area contributed by atoms with Gasteiger partial charge in [0.25, 0.3) is 0 Å². The third-order valence-corrected chi connectivity index (χ3v) is 4.83. The van der Waals surface area contributed by atoms with E-state index >= 15 is 0 Å². The number of nitrogens with one attached hydrogen (secondary N) is 1. The van der Waals surface area contributed by atoms with Crippen molar-refractivity contribution < 1.29 is 19.1 Å². The number of hydrogen-bond donors (Lipinski definition) is 1. The largest absolute Gasteiger partial charge is 0.454 e. The minimum absolute atomic E-state index is 0.00856. The molecule has 2 fully saturated rings. The van der Waals surface area contributed by atoms with E-state index in [0.29, 0.717) is 18.2 Å². The number of ether oxygens (including phenoxy) is 2. The minimum Gasteiger partial charge on any atom is -0.454 e. The van der Waals surface area contributed by atoms with Gasteiger partial charge in [-0.05, 0) is 57.1 Å². The van der Waals surface area contributed by atoms with E-state index in [1.165, 1.54) is 5.57 Å². The maximum atomic E-state index is 11.8. The molecule has 5 heteroatoms. The highest BCUT2D eigenvalue weighted by Crippen LogP contribution is 2.34. The second-order valence-electron chi connectivity index (χ2n) is 6.95. The molecule has 1 N–H and O–H groups in total. The van der Waals surface area contributed by atoms with Crippen LogP contribution in [-0.4, -0.2) is 30.8 Å². The number of carbonyl (C=O) groups excluding carboxylic acids is 2. The number of allylic oxidation sites excluding steroid dienone is 2. The van der Waals surface area contributed by atoms with Gasteiger partial charge in [0.2, 0.25) is 0 Å². The predicted octanol–water partition coefficient (Wildman–Crippen LogP) is 3.42. The summed E-state index contributed by atoms with van der Waals surface area (Å²) in [6.45, 7) is 6.25. The average Bonchev–Trinajstić information content (AvgIpc) is 3.30. The third kappa shape index (κ3) is 4.28. The number of esters is 1. The molecule has 0 bridgehead atoms. The summed E-state index contributed by atoms with van der Waals surface area (Å²) >= 11 is 0. The highest BCUT2D eigenvalue weighted by Gasteiger charge is 2.37. The first-order valence-corrected chi connectivity index (χ1v) is 8.71. The van der Waals surface area contributed by atoms with Crippen LogP contribution in [0, 0.1) is 5.92 Å². The molecular formula is C19H25NO4. The molecule has 0 aromatic heterocycles. The van der Waals surface area contributed by atoms with Crippen molar-refractivity contribution in [3.05, 3.63) is 35.5 Å². The summed E-state index contributed by atoms with van der Waals surface area (Å²) in [4.78, 5) is 23.5. The monoisotopic (exact) mass is 331 g/mol. The smallest absolute Gasteiger partial charge is 0.407 e. The molecule has 3 aliphatic rings. The number of fused-ring (bicyclic) bond motifs is 1. The Morgan fingerprint density at radius 3 is 2.92 bits per heavy atom. The Labute approximate surface area is 142 Å². The summed E-state index contributed by atoms with van der Waals surface area (Å²) in [5.41, 5.74) is 2.86. The molecule has 1 saturated carbocycles. The van der Waals surface area contributed by atoms with Crippen LogP contribution in [0.25, 0.3) is 0 Å². The maximum Gasteiger partial charge on any atom is 0.407 e. The summed E-state index contributed by atoms with van der Waals surface area (Å²) in [7, 11) is 0. The molecule has 1 saturated heterocycles. The zero-order chi connectivity index (χ0) is 17.1. The fraction of sp³-hybridized carbons (Fsp3) is 0.579. The van der Waals surface area contributed by atoms with E-state index < -0.39 is 0 Å². The number of hydrogen-bond acceptors (Lipinski definition) is 4. The molecule has 0 unspecified atom stereocenters. The van der Waals surface area contributed by atoms with Crippen molar-refractivity contribution in [1.82, 2.24) is 5.32 Å². The van der Waals surface area contributed by atoms with Crippen LogP contribution in [0.15, 0.2) is 35.5 Å².